The van der Waals surface area contributed by atoms with Gasteiger partial charge in [-0.1, -0.05) is 13.8 Å². The van der Waals surface area contributed by atoms with Crippen LogP contribution in [0.3, 0.4) is 0 Å². The minimum atomic E-state index is -0.567. The quantitative estimate of drug-likeness (QED) is 0.454. The second-order valence-corrected chi connectivity index (χ2v) is 6.93. The van der Waals surface area contributed by atoms with Crippen molar-refractivity contribution in [2.24, 2.45) is 5.92 Å². The fraction of sp³-hybridized carbons (Fsp3) is 0.737. The molecule has 0 heterocycles. The van der Waals surface area contributed by atoms with Crippen LogP contribution in [0.5, 0.6) is 0 Å². The third-order valence-electron chi connectivity index (χ3n) is 3.90. The van der Waals surface area contributed by atoms with Gasteiger partial charge in [0.1, 0.15) is 11.6 Å². The second kappa shape index (κ2) is 13.2. The molecule has 0 aromatic heterocycles. The Labute approximate surface area is 155 Å². The van der Waals surface area contributed by atoms with E-state index in [0.717, 1.165) is 0 Å². The van der Waals surface area contributed by atoms with E-state index in [4.69, 9.17) is 0 Å². The molecule has 0 fully saturated rings. The third kappa shape index (κ3) is 12.3. The van der Waals surface area contributed by atoms with Crippen molar-refractivity contribution in [1.82, 2.24) is 10.6 Å². The standard InChI is InChI=1S/C19H32N2O5/c1-13(2)19(26)16(21-18(25)11-9-15(4)23)7-5-6-12-20-17(24)10-8-14(3)22/h13,16H,5-12H2,1-4H3,(H,20,24)(H,21,25). The number of carbonyl (C=O) groups is 5. The normalized spacial score (nSPS) is 11.7. The van der Waals surface area contributed by atoms with Gasteiger partial charge in [-0.2, -0.15) is 0 Å². The Kier molecular flexibility index (Phi) is 12.2. The van der Waals surface area contributed by atoms with E-state index >= 15 is 0 Å². The molecule has 148 valence electrons. The Morgan fingerprint density at radius 3 is 1.81 bits per heavy atom. The van der Waals surface area contributed by atoms with Gasteiger partial charge in [0.25, 0.3) is 0 Å². The van der Waals surface area contributed by atoms with Crippen molar-refractivity contribution >= 4 is 29.2 Å². The van der Waals surface area contributed by atoms with Crippen LogP contribution in [0.25, 0.3) is 0 Å². The fourth-order valence-electron chi connectivity index (χ4n) is 2.32. The molecule has 26 heavy (non-hydrogen) atoms. The molecule has 0 aromatic carbocycles. The van der Waals surface area contributed by atoms with Crippen LogP contribution in [-0.4, -0.2) is 41.8 Å². The summed E-state index contributed by atoms with van der Waals surface area (Å²) in [5.41, 5.74) is 0. The Morgan fingerprint density at radius 1 is 0.769 bits per heavy atom. The summed E-state index contributed by atoms with van der Waals surface area (Å²) < 4.78 is 0. The van der Waals surface area contributed by atoms with Crippen molar-refractivity contribution in [3.63, 3.8) is 0 Å². The number of nitrogens with one attached hydrogen (secondary N) is 2. The molecule has 0 spiro atoms. The highest BCUT2D eigenvalue weighted by Gasteiger charge is 2.22. The molecule has 0 aliphatic carbocycles. The zero-order valence-electron chi connectivity index (χ0n) is 16.4. The highest BCUT2D eigenvalue weighted by atomic mass is 16.2. The van der Waals surface area contributed by atoms with Crippen LogP contribution >= 0.6 is 0 Å². The lowest BCUT2D eigenvalue weighted by Gasteiger charge is -2.19. The van der Waals surface area contributed by atoms with Crippen molar-refractivity contribution in [2.75, 3.05) is 6.54 Å². The first kappa shape index (κ1) is 23.9. The maximum atomic E-state index is 12.3. The van der Waals surface area contributed by atoms with Gasteiger partial charge < -0.3 is 20.2 Å². The first-order valence-corrected chi connectivity index (χ1v) is 9.22. The van der Waals surface area contributed by atoms with E-state index in [1.807, 2.05) is 0 Å². The number of carbonyl (C=O) groups excluding carboxylic acids is 5. The smallest absolute Gasteiger partial charge is 0.221 e. The van der Waals surface area contributed by atoms with Crippen LogP contribution in [0.15, 0.2) is 0 Å². The number of hydrogen-bond donors (Lipinski definition) is 2. The van der Waals surface area contributed by atoms with E-state index in [9.17, 15) is 24.0 Å². The predicted molar refractivity (Wildman–Crippen MR) is 98.5 cm³/mol. The molecular weight excluding hydrogens is 336 g/mol. The molecule has 0 bridgehead atoms. The largest absolute Gasteiger partial charge is 0.356 e. The van der Waals surface area contributed by atoms with Gasteiger partial charge in [-0.05, 0) is 33.1 Å². The molecule has 7 nitrogen and oxygen atoms in total. The average Bonchev–Trinajstić information content (AvgIpc) is 2.55. The zero-order chi connectivity index (χ0) is 20.1. The maximum Gasteiger partial charge on any atom is 0.221 e. The highest BCUT2D eigenvalue weighted by Crippen LogP contribution is 2.08. The molecule has 0 aromatic rings. The molecule has 0 radical (unpaired) electrons. The van der Waals surface area contributed by atoms with Crippen molar-refractivity contribution in [2.45, 2.75) is 78.7 Å². The van der Waals surface area contributed by atoms with Crippen LogP contribution in [-0.2, 0) is 24.0 Å². The molecule has 1 atom stereocenters. The Balaban J connectivity index is 4.25. The fourth-order valence-corrected chi connectivity index (χ4v) is 2.32. The van der Waals surface area contributed by atoms with E-state index in [-0.39, 0.29) is 60.8 Å². The number of unbranched alkanes of at least 4 members (excludes halogenated alkanes) is 1. The van der Waals surface area contributed by atoms with Crippen molar-refractivity contribution in [3.8, 4) is 0 Å². The highest BCUT2D eigenvalue weighted by molar-refractivity contribution is 5.91. The van der Waals surface area contributed by atoms with Gasteiger partial charge in [-0.15, -0.1) is 0 Å². The summed E-state index contributed by atoms with van der Waals surface area (Å²) in [6, 6.07) is -0.567. The Bertz CT molecular complexity index is 514. The maximum absolute atomic E-state index is 12.3. The number of ketones is 3. The summed E-state index contributed by atoms with van der Waals surface area (Å²) in [4.78, 5) is 57.4. The van der Waals surface area contributed by atoms with Crippen molar-refractivity contribution < 1.29 is 24.0 Å². The van der Waals surface area contributed by atoms with Gasteiger partial charge in [-0.25, -0.2) is 0 Å². The van der Waals surface area contributed by atoms with E-state index < -0.39 is 6.04 Å². The Hall–Kier alpha value is -2.05. The van der Waals surface area contributed by atoms with Gasteiger partial charge >= 0.3 is 0 Å². The molecule has 0 rings (SSSR count). The minimum absolute atomic E-state index is 0.0179. The van der Waals surface area contributed by atoms with Gasteiger partial charge in [-0.3, -0.25) is 14.4 Å². The molecule has 2 N–H and O–H groups in total. The molecule has 2 amide bonds. The zero-order valence-corrected chi connectivity index (χ0v) is 16.4. The van der Waals surface area contributed by atoms with E-state index in [2.05, 4.69) is 10.6 Å². The van der Waals surface area contributed by atoms with Gasteiger partial charge in [0.15, 0.2) is 5.78 Å². The molecular formula is C19H32N2O5. The van der Waals surface area contributed by atoms with Gasteiger partial charge in [0.05, 0.1) is 6.04 Å². The van der Waals surface area contributed by atoms with Gasteiger partial charge in [0.2, 0.25) is 11.8 Å². The van der Waals surface area contributed by atoms with Crippen LogP contribution in [0.1, 0.15) is 72.6 Å². The van der Waals surface area contributed by atoms with E-state index in [1.165, 1.54) is 13.8 Å². The van der Waals surface area contributed by atoms with Crippen molar-refractivity contribution in [3.05, 3.63) is 0 Å². The van der Waals surface area contributed by atoms with Crippen LogP contribution in [0, 0.1) is 5.92 Å². The summed E-state index contributed by atoms with van der Waals surface area (Å²) in [5.74, 6) is -0.765. The average molecular weight is 368 g/mol. The molecule has 7 heteroatoms. The lowest BCUT2D eigenvalue weighted by molar-refractivity contribution is -0.130. The Morgan fingerprint density at radius 2 is 1.31 bits per heavy atom. The molecule has 1 unspecified atom stereocenters. The van der Waals surface area contributed by atoms with Gasteiger partial charge in [0, 0.05) is 38.1 Å². The van der Waals surface area contributed by atoms with E-state index in [0.29, 0.717) is 25.8 Å². The third-order valence-corrected chi connectivity index (χ3v) is 3.90. The molecule has 0 saturated heterocycles. The topological polar surface area (TPSA) is 109 Å². The lowest BCUT2D eigenvalue weighted by atomic mass is 9.97. The SMILES string of the molecule is CC(=O)CCC(=O)NCCCCC(NC(=O)CCC(C)=O)C(=O)C(C)C. The summed E-state index contributed by atoms with van der Waals surface area (Å²) in [7, 11) is 0. The summed E-state index contributed by atoms with van der Waals surface area (Å²) >= 11 is 0. The summed E-state index contributed by atoms with van der Waals surface area (Å²) in [5, 5.41) is 5.46. The van der Waals surface area contributed by atoms with Crippen LogP contribution < -0.4 is 10.6 Å². The number of hydrogen-bond acceptors (Lipinski definition) is 5. The van der Waals surface area contributed by atoms with Crippen LogP contribution in [0.4, 0.5) is 0 Å². The van der Waals surface area contributed by atoms with Crippen LogP contribution in [0.2, 0.25) is 0 Å². The lowest BCUT2D eigenvalue weighted by Crippen LogP contribution is -2.42. The number of rotatable bonds is 14. The number of amides is 2. The molecule has 0 aliphatic rings. The summed E-state index contributed by atoms with van der Waals surface area (Å²) in [6.45, 7) is 6.91. The summed E-state index contributed by atoms with van der Waals surface area (Å²) in [6.07, 6.45) is 2.52. The molecule has 0 aliphatic heterocycles. The minimum Gasteiger partial charge on any atom is -0.356 e. The van der Waals surface area contributed by atoms with Crippen molar-refractivity contribution in [1.29, 1.82) is 0 Å². The first-order chi connectivity index (χ1) is 12.1. The second-order valence-electron chi connectivity index (χ2n) is 6.93. The van der Waals surface area contributed by atoms with E-state index in [1.54, 1.807) is 13.8 Å². The monoisotopic (exact) mass is 368 g/mol. The first-order valence-electron chi connectivity index (χ1n) is 9.22. The number of Topliss-reactive ketones (excluding diaryl/α,β-unsaturated/α-hetero) is 3. The predicted octanol–water partition coefficient (Wildman–Crippen LogP) is 1.72. The molecule has 0 saturated carbocycles.